The molecule has 0 aliphatic carbocycles. The maximum absolute atomic E-state index is 12.5. The van der Waals surface area contributed by atoms with Gasteiger partial charge in [-0.1, -0.05) is 29.8 Å². The summed E-state index contributed by atoms with van der Waals surface area (Å²) >= 11 is 6.17. The average Bonchev–Trinajstić information content (AvgIpc) is 2.53. The molecule has 2 rings (SSSR count). The topological polar surface area (TPSA) is 84.1 Å². The van der Waals surface area contributed by atoms with E-state index in [0.717, 1.165) is 5.56 Å². The number of amides is 1. The van der Waals surface area contributed by atoms with Gasteiger partial charge in [0.25, 0.3) is 5.91 Å². The van der Waals surface area contributed by atoms with Crippen LogP contribution in [0.5, 0.6) is 0 Å². The van der Waals surface area contributed by atoms with Crippen molar-refractivity contribution in [2.45, 2.75) is 13.0 Å². The fourth-order valence-corrected chi connectivity index (χ4v) is 2.21. The predicted molar refractivity (Wildman–Crippen MR) is 81.8 cm³/mol. The van der Waals surface area contributed by atoms with Gasteiger partial charge >= 0.3 is 0 Å². The molecule has 21 heavy (non-hydrogen) atoms. The molecule has 1 unspecified atom stereocenters. The minimum atomic E-state index is -0.257. The van der Waals surface area contributed by atoms with Crippen LogP contribution in [0.1, 0.15) is 29.0 Å². The van der Waals surface area contributed by atoms with Gasteiger partial charge in [-0.2, -0.15) is 0 Å². The number of hydrogen-bond acceptors (Lipinski definition) is 5. The van der Waals surface area contributed by atoms with Gasteiger partial charge in [0.1, 0.15) is 5.69 Å². The molecule has 1 aromatic carbocycles. The molecular weight excluding hydrogens is 290 g/mol. The molecule has 0 radical (unpaired) electrons. The van der Waals surface area contributed by atoms with E-state index in [-0.39, 0.29) is 17.6 Å². The van der Waals surface area contributed by atoms with Crippen molar-refractivity contribution < 1.29 is 4.79 Å². The Labute approximate surface area is 127 Å². The highest BCUT2D eigenvalue weighted by Crippen LogP contribution is 2.26. The van der Waals surface area contributed by atoms with Gasteiger partial charge in [0.15, 0.2) is 5.82 Å². The Morgan fingerprint density at radius 3 is 2.76 bits per heavy atom. The van der Waals surface area contributed by atoms with Crippen molar-refractivity contribution in [2.24, 2.45) is 5.84 Å². The predicted octanol–water partition coefficient (Wildman–Crippen LogP) is 2.25. The Bertz CT molecular complexity index is 649. The number of hydrazine groups is 1. The van der Waals surface area contributed by atoms with E-state index in [1.165, 1.54) is 12.4 Å². The number of benzene rings is 1. The molecule has 0 spiro atoms. The van der Waals surface area contributed by atoms with Crippen LogP contribution in [0.3, 0.4) is 0 Å². The van der Waals surface area contributed by atoms with Gasteiger partial charge in [-0.25, -0.2) is 10.8 Å². The summed E-state index contributed by atoms with van der Waals surface area (Å²) in [5.74, 6) is 5.35. The summed E-state index contributed by atoms with van der Waals surface area (Å²) in [6, 6.07) is 7.23. The van der Waals surface area contributed by atoms with Crippen molar-refractivity contribution in [3.8, 4) is 0 Å². The van der Waals surface area contributed by atoms with Crippen molar-refractivity contribution in [3.63, 3.8) is 0 Å². The number of halogens is 1. The number of rotatable bonds is 4. The molecule has 0 bridgehead atoms. The number of nitrogens with zero attached hydrogens (tertiary/aromatic N) is 3. The van der Waals surface area contributed by atoms with Gasteiger partial charge in [0, 0.05) is 12.1 Å². The number of nitrogen functional groups attached to an aromatic ring is 1. The standard InChI is InChI=1S/C14H16ClN5O/c1-9(10-5-3-4-6-11(10)15)20(2)14(21)12-7-17-8-13(18-12)19-16/h3-9H,16H2,1-2H3,(H,18,19). The first-order valence-corrected chi connectivity index (χ1v) is 6.72. The lowest BCUT2D eigenvalue weighted by Crippen LogP contribution is -2.30. The highest BCUT2D eigenvalue weighted by atomic mass is 35.5. The molecule has 1 aromatic heterocycles. The molecule has 0 aliphatic heterocycles. The molecular formula is C14H16ClN5O. The summed E-state index contributed by atoms with van der Waals surface area (Å²) in [7, 11) is 1.69. The average molecular weight is 306 g/mol. The van der Waals surface area contributed by atoms with E-state index in [0.29, 0.717) is 10.8 Å². The lowest BCUT2D eigenvalue weighted by Gasteiger charge is -2.25. The molecule has 1 atom stereocenters. The maximum Gasteiger partial charge on any atom is 0.274 e. The number of hydrogen-bond donors (Lipinski definition) is 2. The fourth-order valence-electron chi connectivity index (χ4n) is 1.92. The first-order chi connectivity index (χ1) is 10.0. The Hall–Kier alpha value is -2.18. The molecule has 7 heteroatoms. The molecule has 0 fully saturated rings. The summed E-state index contributed by atoms with van der Waals surface area (Å²) in [5, 5.41) is 0.619. The van der Waals surface area contributed by atoms with E-state index in [1.54, 1.807) is 18.0 Å². The fraction of sp³-hybridized carbons (Fsp3) is 0.214. The van der Waals surface area contributed by atoms with Crippen molar-refractivity contribution >= 4 is 23.3 Å². The van der Waals surface area contributed by atoms with E-state index in [4.69, 9.17) is 17.4 Å². The molecule has 3 N–H and O–H groups in total. The highest BCUT2D eigenvalue weighted by Gasteiger charge is 2.21. The van der Waals surface area contributed by atoms with Crippen molar-refractivity contribution in [1.29, 1.82) is 0 Å². The maximum atomic E-state index is 12.5. The number of nitrogens with one attached hydrogen (secondary N) is 1. The summed E-state index contributed by atoms with van der Waals surface area (Å²) in [6.45, 7) is 1.90. The van der Waals surface area contributed by atoms with Crippen LogP contribution >= 0.6 is 11.6 Å². The summed E-state index contributed by atoms with van der Waals surface area (Å²) in [6.07, 6.45) is 2.84. The van der Waals surface area contributed by atoms with Gasteiger partial charge in [0.05, 0.1) is 18.4 Å². The van der Waals surface area contributed by atoms with Gasteiger partial charge in [-0.3, -0.25) is 9.78 Å². The zero-order valence-electron chi connectivity index (χ0n) is 11.7. The van der Waals surface area contributed by atoms with Crippen molar-refractivity contribution in [3.05, 3.63) is 52.9 Å². The molecule has 0 saturated heterocycles. The Morgan fingerprint density at radius 1 is 1.38 bits per heavy atom. The molecule has 6 nitrogen and oxygen atoms in total. The van der Waals surface area contributed by atoms with E-state index in [1.807, 2.05) is 25.1 Å². The van der Waals surface area contributed by atoms with Crippen LogP contribution in [-0.4, -0.2) is 27.8 Å². The summed E-state index contributed by atoms with van der Waals surface area (Å²) in [4.78, 5) is 22.0. The van der Waals surface area contributed by atoms with E-state index < -0.39 is 0 Å². The third-order valence-corrected chi connectivity index (χ3v) is 3.60. The quantitative estimate of drug-likeness (QED) is 0.668. The van der Waals surface area contributed by atoms with Crippen molar-refractivity contribution in [2.75, 3.05) is 12.5 Å². The molecule has 1 heterocycles. The second kappa shape index (κ2) is 6.51. The molecule has 0 aliphatic rings. The normalized spacial score (nSPS) is 11.8. The number of aromatic nitrogens is 2. The molecule has 110 valence electrons. The SMILES string of the molecule is CC(c1ccccc1Cl)N(C)C(=O)c1cncc(NN)n1. The second-order valence-corrected chi connectivity index (χ2v) is 4.95. The van der Waals surface area contributed by atoms with Gasteiger partial charge in [-0.05, 0) is 18.6 Å². The third kappa shape index (κ3) is 3.29. The van der Waals surface area contributed by atoms with Crippen LogP contribution < -0.4 is 11.3 Å². The minimum Gasteiger partial charge on any atom is -0.334 e. The number of carbonyl (C=O) groups excluding carboxylic acids is 1. The van der Waals surface area contributed by atoms with E-state index >= 15 is 0 Å². The Morgan fingerprint density at radius 2 is 2.10 bits per heavy atom. The van der Waals surface area contributed by atoms with Crippen LogP contribution in [0.4, 0.5) is 5.82 Å². The molecule has 1 amide bonds. The first kappa shape index (κ1) is 15.2. The lowest BCUT2D eigenvalue weighted by molar-refractivity contribution is 0.0736. The highest BCUT2D eigenvalue weighted by molar-refractivity contribution is 6.31. The zero-order chi connectivity index (χ0) is 15.4. The number of anilines is 1. The zero-order valence-corrected chi connectivity index (χ0v) is 12.5. The largest absolute Gasteiger partial charge is 0.334 e. The molecule has 0 saturated carbocycles. The van der Waals surface area contributed by atoms with E-state index in [9.17, 15) is 4.79 Å². The van der Waals surface area contributed by atoms with Crippen LogP contribution in [0.25, 0.3) is 0 Å². The van der Waals surface area contributed by atoms with Crippen LogP contribution in [0.2, 0.25) is 5.02 Å². The van der Waals surface area contributed by atoms with Crippen LogP contribution in [0, 0.1) is 0 Å². The second-order valence-electron chi connectivity index (χ2n) is 4.55. The van der Waals surface area contributed by atoms with Gasteiger partial charge in [0.2, 0.25) is 0 Å². The van der Waals surface area contributed by atoms with E-state index in [2.05, 4.69) is 15.4 Å². The summed E-state index contributed by atoms with van der Waals surface area (Å²) in [5.41, 5.74) is 3.45. The number of nitrogens with two attached hydrogens (primary N) is 1. The summed E-state index contributed by atoms with van der Waals surface area (Å²) < 4.78 is 0. The minimum absolute atomic E-state index is 0.192. The third-order valence-electron chi connectivity index (χ3n) is 3.26. The van der Waals surface area contributed by atoms with Crippen LogP contribution in [-0.2, 0) is 0 Å². The monoisotopic (exact) mass is 305 g/mol. The lowest BCUT2D eigenvalue weighted by atomic mass is 10.1. The smallest absolute Gasteiger partial charge is 0.274 e. The van der Waals surface area contributed by atoms with Gasteiger partial charge < -0.3 is 10.3 Å². The van der Waals surface area contributed by atoms with Crippen LogP contribution in [0.15, 0.2) is 36.7 Å². The number of carbonyl (C=O) groups is 1. The Balaban J connectivity index is 2.24. The van der Waals surface area contributed by atoms with Gasteiger partial charge in [-0.15, -0.1) is 0 Å². The van der Waals surface area contributed by atoms with Crippen molar-refractivity contribution in [1.82, 2.24) is 14.9 Å². The Kier molecular flexibility index (Phi) is 4.72. The molecule has 2 aromatic rings. The first-order valence-electron chi connectivity index (χ1n) is 6.35.